The number of hydrogen-bond acceptors (Lipinski definition) is 3. The van der Waals surface area contributed by atoms with E-state index in [4.69, 9.17) is 4.74 Å². The highest BCUT2D eigenvalue weighted by Crippen LogP contribution is 2.44. The quantitative estimate of drug-likeness (QED) is 0.812. The zero-order valence-electron chi connectivity index (χ0n) is 10.9. The molecule has 0 spiro atoms. The molecule has 2 aliphatic rings. The summed E-state index contributed by atoms with van der Waals surface area (Å²) in [6.45, 7) is 0.869. The maximum atomic E-state index is 9.56. The van der Waals surface area contributed by atoms with Gasteiger partial charge in [-0.15, -0.1) is 0 Å². The third-order valence-electron chi connectivity index (χ3n) is 4.05. The fourth-order valence-corrected chi connectivity index (χ4v) is 2.70. The van der Waals surface area contributed by atoms with Gasteiger partial charge >= 0.3 is 0 Å². The van der Waals surface area contributed by atoms with E-state index in [1.165, 1.54) is 31.2 Å². The average molecular weight is 247 g/mol. The molecule has 3 rings (SSSR count). The Kier molecular flexibility index (Phi) is 3.16. The van der Waals surface area contributed by atoms with E-state index in [1.54, 1.807) is 13.2 Å². The zero-order valence-corrected chi connectivity index (χ0v) is 10.9. The van der Waals surface area contributed by atoms with E-state index in [-0.39, 0.29) is 5.75 Å². The van der Waals surface area contributed by atoms with Crippen LogP contribution in [0.1, 0.15) is 31.2 Å². The molecule has 0 aromatic heterocycles. The molecule has 0 saturated heterocycles. The van der Waals surface area contributed by atoms with E-state index in [0.717, 1.165) is 18.4 Å². The Hall–Kier alpha value is -1.22. The van der Waals surface area contributed by atoms with Gasteiger partial charge in [-0.25, -0.2) is 0 Å². The van der Waals surface area contributed by atoms with E-state index >= 15 is 0 Å². The van der Waals surface area contributed by atoms with Crippen molar-refractivity contribution in [2.24, 2.45) is 11.8 Å². The van der Waals surface area contributed by atoms with Gasteiger partial charge in [0.2, 0.25) is 0 Å². The van der Waals surface area contributed by atoms with Crippen molar-refractivity contribution in [3.8, 4) is 11.5 Å². The molecular formula is C15H21NO2. The highest BCUT2D eigenvalue weighted by molar-refractivity contribution is 5.41. The Balaban J connectivity index is 1.61. The van der Waals surface area contributed by atoms with Gasteiger partial charge < -0.3 is 15.2 Å². The van der Waals surface area contributed by atoms with Gasteiger partial charge in [0, 0.05) is 12.6 Å². The molecule has 2 saturated carbocycles. The molecule has 0 heterocycles. The lowest BCUT2D eigenvalue weighted by molar-refractivity contribution is 0.371. The van der Waals surface area contributed by atoms with Crippen LogP contribution < -0.4 is 10.1 Å². The number of phenols is 1. The minimum absolute atomic E-state index is 0.210. The lowest BCUT2D eigenvalue weighted by atomic mass is 10.1. The van der Waals surface area contributed by atoms with Gasteiger partial charge in [-0.05, 0) is 55.2 Å². The van der Waals surface area contributed by atoms with Crippen LogP contribution in [0.2, 0.25) is 0 Å². The van der Waals surface area contributed by atoms with Gasteiger partial charge in [0.15, 0.2) is 11.5 Å². The molecule has 0 amide bonds. The van der Waals surface area contributed by atoms with Crippen LogP contribution in [0, 0.1) is 11.8 Å². The van der Waals surface area contributed by atoms with Gasteiger partial charge in [-0.1, -0.05) is 6.07 Å². The monoisotopic (exact) mass is 247 g/mol. The zero-order chi connectivity index (χ0) is 12.5. The molecule has 3 nitrogen and oxygen atoms in total. The fourth-order valence-electron chi connectivity index (χ4n) is 2.70. The molecule has 0 aliphatic heterocycles. The van der Waals surface area contributed by atoms with E-state index in [1.807, 2.05) is 12.1 Å². The second kappa shape index (κ2) is 4.81. The topological polar surface area (TPSA) is 41.5 Å². The third kappa shape index (κ3) is 2.61. The standard InChI is InChI=1S/C15H21NO2/c1-18-14-8-10(2-7-13(14)17)9-16-15(11-3-4-11)12-5-6-12/h2,7-8,11-12,15-17H,3-6,9H2,1H3. The number of rotatable bonds is 6. The second-order valence-corrected chi connectivity index (χ2v) is 5.59. The molecule has 3 heteroatoms. The van der Waals surface area contributed by atoms with Gasteiger partial charge in [-0.3, -0.25) is 0 Å². The largest absolute Gasteiger partial charge is 0.504 e. The minimum atomic E-state index is 0.210. The molecule has 2 fully saturated rings. The Morgan fingerprint density at radius 1 is 1.28 bits per heavy atom. The predicted octanol–water partition coefficient (Wildman–Crippen LogP) is 2.68. The van der Waals surface area contributed by atoms with Crippen LogP contribution in [0.15, 0.2) is 18.2 Å². The lowest BCUT2D eigenvalue weighted by Crippen LogP contribution is -2.32. The number of phenolic OH excluding ortho intramolecular Hbond substituents is 1. The number of aromatic hydroxyl groups is 1. The summed E-state index contributed by atoms with van der Waals surface area (Å²) in [4.78, 5) is 0. The highest BCUT2D eigenvalue weighted by Gasteiger charge is 2.40. The van der Waals surface area contributed by atoms with Crippen molar-refractivity contribution in [3.05, 3.63) is 23.8 Å². The first-order valence-corrected chi connectivity index (χ1v) is 6.87. The Bertz CT molecular complexity index is 413. The molecule has 0 bridgehead atoms. The van der Waals surface area contributed by atoms with Crippen molar-refractivity contribution in [2.45, 2.75) is 38.3 Å². The normalized spacial score (nSPS) is 19.2. The Morgan fingerprint density at radius 2 is 1.94 bits per heavy atom. The summed E-state index contributed by atoms with van der Waals surface area (Å²) in [5, 5.41) is 13.3. The van der Waals surface area contributed by atoms with Crippen LogP contribution in [0.4, 0.5) is 0 Å². The molecular weight excluding hydrogens is 226 g/mol. The molecule has 2 N–H and O–H groups in total. The molecule has 1 aromatic rings. The van der Waals surface area contributed by atoms with Crippen LogP contribution in [-0.2, 0) is 6.54 Å². The number of ether oxygens (including phenoxy) is 1. The Labute approximate surface area is 108 Å². The van der Waals surface area contributed by atoms with Crippen LogP contribution >= 0.6 is 0 Å². The Morgan fingerprint density at radius 3 is 2.50 bits per heavy atom. The SMILES string of the molecule is COc1cc(CNC(C2CC2)C2CC2)ccc1O. The van der Waals surface area contributed by atoms with Crippen LogP contribution in [0.3, 0.4) is 0 Å². The maximum absolute atomic E-state index is 9.56. The average Bonchev–Trinajstić information content (AvgIpc) is 3.25. The summed E-state index contributed by atoms with van der Waals surface area (Å²) in [7, 11) is 1.59. The highest BCUT2D eigenvalue weighted by atomic mass is 16.5. The van der Waals surface area contributed by atoms with Crippen LogP contribution in [0.5, 0.6) is 11.5 Å². The van der Waals surface area contributed by atoms with Crippen LogP contribution in [0.25, 0.3) is 0 Å². The van der Waals surface area contributed by atoms with Gasteiger partial charge in [-0.2, -0.15) is 0 Å². The third-order valence-corrected chi connectivity index (χ3v) is 4.05. The van der Waals surface area contributed by atoms with E-state index in [0.29, 0.717) is 11.8 Å². The van der Waals surface area contributed by atoms with Crippen molar-refractivity contribution < 1.29 is 9.84 Å². The van der Waals surface area contributed by atoms with Gasteiger partial charge in [0.1, 0.15) is 0 Å². The molecule has 1 aromatic carbocycles. The van der Waals surface area contributed by atoms with Gasteiger partial charge in [0.05, 0.1) is 7.11 Å². The first kappa shape index (κ1) is 11.8. The summed E-state index contributed by atoms with van der Waals surface area (Å²) in [6, 6.07) is 6.30. The maximum Gasteiger partial charge on any atom is 0.160 e. The smallest absolute Gasteiger partial charge is 0.160 e. The molecule has 98 valence electrons. The van der Waals surface area contributed by atoms with E-state index in [9.17, 15) is 5.11 Å². The summed E-state index contributed by atoms with van der Waals surface area (Å²) >= 11 is 0. The van der Waals surface area contributed by atoms with Gasteiger partial charge in [0.25, 0.3) is 0 Å². The summed E-state index contributed by atoms with van der Waals surface area (Å²) in [5.74, 6) is 2.60. The molecule has 0 unspecified atom stereocenters. The molecule has 18 heavy (non-hydrogen) atoms. The molecule has 0 radical (unpaired) electrons. The van der Waals surface area contributed by atoms with E-state index < -0.39 is 0 Å². The number of nitrogens with one attached hydrogen (secondary N) is 1. The van der Waals surface area contributed by atoms with Crippen LogP contribution in [-0.4, -0.2) is 18.3 Å². The second-order valence-electron chi connectivity index (χ2n) is 5.59. The lowest BCUT2D eigenvalue weighted by Gasteiger charge is -2.18. The van der Waals surface area contributed by atoms with Crippen molar-refractivity contribution in [2.75, 3.05) is 7.11 Å². The summed E-state index contributed by atoms with van der Waals surface area (Å²) in [6.07, 6.45) is 5.58. The number of methoxy groups -OCH3 is 1. The summed E-state index contributed by atoms with van der Waals surface area (Å²) < 4.78 is 5.13. The van der Waals surface area contributed by atoms with Crippen molar-refractivity contribution >= 4 is 0 Å². The number of benzene rings is 1. The first-order valence-electron chi connectivity index (χ1n) is 6.87. The molecule has 2 aliphatic carbocycles. The van der Waals surface area contributed by atoms with E-state index in [2.05, 4.69) is 5.32 Å². The van der Waals surface area contributed by atoms with Crippen molar-refractivity contribution in [1.82, 2.24) is 5.32 Å². The number of hydrogen-bond donors (Lipinski definition) is 2. The van der Waals surface area contributed by atoms with Crippen molar-refractivity contribution in [1.29, 1.82) is 0 Å². The molecule has 0 atom stereocenters. The minimum Gasteiger partial charge on any atom is -0.504 e. The summed E-state index contributed by atoms with van der Waals surface area (Å²) in [5.41, 5.74) is 1.18. The van der Waals surface area contributed by atoms with Crippen molar-refractivity contribution in [3.63, 3.8) is 0 Å². The first-order chi connectivity index (χ1) is 8.78. The predicted molar refractivity (Wildman–Crippen MR) is 70.7 cm³/mol. The fraction of sp³-hybridized carbons (Fsp3) is 0.600.